The Morgan fingerprint density at radius 2 is 2.04 bits per heavy atom. The molecule has 0 aliphatic rings. The number of benzene rings is 1. The molecule has 0 saturated carbocycles. The fourth-order valence-corrected chi connectivity index (χ4v) is 2.71. The van der Waals surface area contributed by atoms with Gasteiger partial charge >= 0.3 is 0 Å². The van der Waals surface area contributed by atoms with E-state index in [0.29, 0.717) is 17.5 Å². The molecule has 0 bridgehead atoms. The van der Waals surface area contributed by atoms with E-state index < -0.39 is 0 Å². The van der Waals surface area contributed by atoms with Crippen molar-refractivity contribution in [3.05, 3.63) is 64.5 Å². The van der Waals surface area contributed by atoms with Crippen LogP contribution in [0.4, 0.5) is 4.39 Å². The van der Waals surface area contributed by atoms with Crippen molar-refractivity contribution in [2.24, 2.45) is 0 Å². The predicted molar refractivity (Wildman–Crippen MR) is 87.9 cm³/mol. The molecular weight excluding hydrogens is 315 g/mol. The molecule has 4 nitrogen and oxygen atoms in total. The normalized spacial score (nSPS) is 11.0. The highest BCUT2D eigenvalue weighted by Crippen LogP contribution is 2.24. The van der Waals surface area contributed by atoms with Crippen LogP contribution in [0.25, 0.3) is 11.4 Å². The largest absolute Gasteiger partial charge is 0.325 e. The summed E-state index contributed by atoms with van der Waals surface area (Å²) < 4.78 is 15.5. The van der Waals surface area contributed by atoms with Gasteiger partial charge in [0.05, 0.1) is 12.2 Å². The van der Waals surface area contributed by atoms with E-state index in [-0.39, 0.29) is 5.82 Å². The molecule has 0 unspecified atom stereocenters. The number of halogens is 2. The maximum absolute atomic E-state index is 13.6. The molecular formula is C17H16ClFN4. The third-order valence-electron chi connectivity index (χ3n) is 3.79. The summed E-state index contributed by atoms with van der Waals surface area (Å²) in [6.45, 7) is 4.49. The highest BCUT2D eigenvalue weighted by molar-refractivity contribution is 6.29. The monoisotopic (exact) mass is 330 g/mol. The van der Waals surface area contributed by atoms with E-state index in [1.54, 1.807) is 12.3 Å². The van der Waals surface area contributed by atoms with Crippen LogP contribution in [-0.4, -0.2) is 19.7 Å². The van der Waals surface area contributed by atoms with Gasteiger partial charge < -0.3 is 4.57 Å². The minimum atomic E-state index is -0.277. The van der Waals surface area contributed by atoms with Crippen LogP contribution in [0.3, 0.4) is 0 Å². The second-order valence-electron chi connectivity index (χ2n) is 5.33. The highest BCUT2D eigenvalue weighted by atomic mass is 35.5. The number of hydrogen-bond acceptors (Lipinski definition) is 3. The predicted octanol–water partition coefficient (Wildman–Crippen LogP) is 4.05. The van der Waals surface area contributed by atoms with Crippen molar-refractivity contribution in [1.29, 1.82) is 0 Å². The van der Waals surface area contributed by atoms with Gasteiger partial charge in [-0.1, -0.05) is 24.6 Å². The molecule has 0 amide bonds. The quantitative estimate of drug-likeness (QED) is 0.724. The molecule has 2 aromatic heterocycles. The molecule has 6 heteroatoms. The number of hydrogen-bond donors (Lipinski definition) is 0. The van der Waals surface area contributed by atoms with Crippen molar-refractivity contribution < 1.29 is 4.39 Å². The molecule has 2 heterocycles. The molecule has 1 aromatic carbocycles. The standard InChI is InChI=1S/C17H16ClFN4/c1-3-12-8-16(18)22-21-15(12)10-23-7-6-20-17(23)14-9-13(19)5-4-11(14)2/h4-9H,3,10H2,1-2H3. The molecule has 0 aliphatic heterocycles. The first-order chi connectivity index (χ1) is 11.1. The Hall–Kier alpha value is -2.27. The Balaban J connectivity index is 2.01. The van der Waals surface area contributed by atoms with Crippen LogP contribution in [0.1, 0.15) is 23.7 Å². The van der Waals surface area contributed by atoms with Crippen molar-refractivity contribution in [1.82, 2.24) is 19.7 Å². The third-order valence-corrected chi connectivity index (χ3v) is 3.97. The van der Waals surface area contributed by atoms with E-state index in [4.69, 9.17) is 11.6 Å². The lowest BCUT2D eigenvalue weighted by molar-refractivity contribution is 0.627. The van der Waals surface area contributed by atoms with E-state index >= 15 is 0 Å². The van der Waals surface area contributed by atoms with Crippen LogP contribution in [0.2, 0.25) is 5.15 Å². The fourth-order valence-electron chi connectivity index (χ4n) is 2.55. The van der Waals surface area contributed by atoms with Crippen LogP contribution in [0, 0.1) is 12.7 Å². The van der Waals surface area contributed by atoms with E-state index in [1.807, 2.05) is 30.7 Å². The van der Waals surface area contributed by atoms with Gasteiger partial charge in [-0.2, -0.15) is 5.10 Å². The zero-order chi connectivity index (χ0) is 16.4. The van der Waals surface area contributed by atoms with Crippen molar-refractivity contribution in [3.63, 3.8) is 0 Å². The minimum Gasteiger partial charge on any atom is -0.325 e. The lowest BCUT2D eigenvalue weighted by Crippen LogP contribution is -2.08. The van der Waals surface area contributed by atoms with Crippen molar-refractivity contribution >= 4 is 11.6 Å². The molecule has 23 heavy (non-hydrogen) atoms. The van der Waals surface area contributed by atoms with Crippen LogP contribution in [-0.2, 0) is 13.0 Å². The maximum atomic E-state index is 13.6. The Morgan fingerprint density at radius 1 is 1.22 bits per heavy atom. The Bertz CT molecular complexity index is 844. The van der Waals surface area contributed by atoms with E-state index in [0.717, 1.165) is 28.8 Å². The summed E-state index contributed by atoms with van der Waals surface area (Å²) in [6, 6.07) is 6.53. The molecule has 118 valence electrons. The summed E-state index contributed by atoms with van der Waals surface area (Å²) in [7, 11) is 0. The molecule has 0 aliphatic carbocycles. The van der Waals surface area contributed by atoms with Crippen LogP contribution >= 0.6 is 11.6 Å². The number of nitrogens with zero attached hydrogens (tertiary/aromatic N) is 4. The van der Waals surface area contributed by atoms with Gasteiger partial charge in [0.1, 0.15) is 11.6 Å². The van der Waals surface area contributed by atoms with E-state index in [9.17, 15) is 4.39 Å². The Kier molecular flexibility index (Phi) is 4.39. The summed E-state index contributed by atoms with van der Waals surface area (Å²) in [6.07, 6.45) is 4.37. The number of imidazole rings is 1. The summed E-state index contributed by atoms with van der Waals surface area (Å²) in [4.78, 5) is 4.38. The van der Waals surface area contributed by atoms with E-state index in [1.165, 1.54) is 12.1 Å². The van der Waals surface area contributed by atoms with Crippen molar-refractivity contribution in [2.45, 2.75) is 26.8 Å². The number of aromatic nitrogens is 4. The van der Waals surface area contributed by atoms with Gasteiger partial charge in [0.25, 0.3) is 0 Å². The van der Waals surface area contributed by atoms with E-state index in [2.05, 4.69) is 15.2 Å². The lowest BCUT2D eigenvalue weighted by atomic mass is 10.1. The first kappa shape index (κ1) is 15.6. The first-order valence-corrected chi connectivity index (χ1v) is 7.75. The van der Waals surface area contributed by atoms with Crippen LogP contribution in [0.5, 0.6) is 0 Å². The maximum Gasteiger partial charge on any atom is 0.152 e. The molecule has 3 rings (SSSR count). The second-order valence-corrected chi connectivity index (χ2v) is 5.72. The smallest absolute Gasteiger partial charge is 0.152 e. The van der Waals surface area contributed by atoms with Gasteiger partial charge in [0.15, 0.2) is 5.15 Å². The van der Waals surface area contributed by atoms with Gasteiger partial charge in [-0.25, -0.2) is 9.37 Å². The average Bonchev–Trinajstić information content (AvgIpc) is 2.99. The molecule has 3 aromatic rings. The fraction of sp³-hybridized carbons (Fsp3) is 0.235. The Morgan fingerprint density at radius 3 is 2.83 bits per heavy atom. The zero-order valence-corrected chi connectivity index (χ0v) is 13.7. The summed E-state index contributed by atoms with van der Waals surface area (Å²) >= 11 is 5.91. The topological polar surface area (TPSA) is 43.6 Å². The van der Waals surface area contributed by atoms with Gasteiger partial charge in [0, 0.05) is 18.0 Å². The van der Waals surface area contributed by atoms with Gasteiger partial charge in [0.2, 0.25) is 0 Å². The number of rotatable bonds is 4. The van der Waals surface area contributed by atoms with Gasteiger partial charge in [-0.3, -0.25) is 0 Å². The number of aryl methyl sites for hydroxylation is 2. The van der Waals surface area contributed by atoms with Crippen molar-refractivity contribution in [3.8, 4) is 11.4 Å². The summed E-state index contributed by atoms with van der Waals surface area (Å²) in [5.74, 6) is 0.432. The molecule has 0 atom stereocenters. The third kappa shape index (κ3) is 3.24. The van der Waals surface area contributed by atoms with Gasteiger partial charge in [-0.15, -0.1) is 5.10 Å². The average molecular weight is 331 g/mol. The summed E-state index contributed by atoms with van der Waals surface area (Å²) in [5, 5.41) is 8.50. The van der Waals surface area contributed by atoms with Crippen LogP contribution < -0.4 is 0 Å². The highest BCUT2D eigenvalue weighted by Gasteiger charge is 2.13. The van der Waals surface area contributed by atoms with Crippen molar-refractivity contribution in [2.75, 3.05) is 0 Å². The van der Waals surface area contributed by atoms with Crippen LogP contribution in [0.15, 0.2) is 36.7 Å². The molecule has 0 radical (unpaired) electrons. The SMILES string of the molecule is CCc1cc(Cl)nnc1Cn1ccnc1-c1cc(F)ccc1C. The minimum absolute atomic E-state index is 0.277. The second kappa shape index (κ2) is 6.46. The lowest BCUT2D eigenvalue weighted by Gasteiger charge is -2.12. The van der Waals surface area contributed by atoms with Gasteiger partial charge in [-0.05, 0) is 42.7 Å². The zero-order valence-electron chi connectivity index (χ0n) is 12.9. The molecule has 0 saturated heterocycles. The molecule has 0 spiro atoms. The first-order valence-electron chi connectivity index (χ1n) is 7.37. The summed E-state index contributed by atoms with van der Waals surface area (Å²) in [5.41, 5.74) is 3.62. The molecule has 0 N–H and O–H groups in total. The molecule has 0 fully saturated rings. The Labute approximate surface area is 139 Å².